The van der Waals surface area contributed by atoms with Gasteiger partial charge in [0.15, 0.2) is 0 Å². The standard InChI is InChI=1S/C23H36O4/c1-14(24)19(2)10-7-17-16-13-22(5,26)23(27)12-15(25)6-9-21(23,4)18(16)8-11-20(17,19)3/h16-18,26-27H,6-13H2,1-5H3/t16-,17-,18-,19+,20-,21+,22-,23+/m0/s1. The van der Waals surface area contributed by atoms with Gasteiger partial charge in [-0.1, -0.05) is 20.8 Å². The Bertz CT molecular complexity index is 698. The fraction of sp³-hybridized carbons (Fsp3) is 0.913. The van der Waals surface area contributed by atoms with Crippen LogP contribution < -0.4 is 0 Å². The normalized spacial score (nSPS) is 57.6. The van der Waals surface area contributed by atoms with Crippen LogP contribution in [0.4, 0.5) is 0 Å². The molecule has 4 saturated carbocycles. The SMILES string of the molecule is CC(=O)[C@@]1(C)CC[C@H]2[C@@H]3C[C@](C)(O)[C@@]4(O)CC(=O)CC[C@]4(C)[C@H]3CC[C@@]21C. The number of hydrogen-bond acceptors (Lipinski definition) is 4. The van der Waals surface area contributed by atoms with E-state index in [0.29, 0.717) is 42.8 Å². The van der Waals surface area contributed by atoms with Crippen LogP contribution in [0, 0.1) is 34.0 Å². The van der Waals surface area contributed by atoms with E-state index in [0.717, 1.165) is 25.7 Å². The first kappa shape index (κ1) is 19.6. The van der Waals surface area contributed by atoms with E-state index in [9.17, 15) is 19.8 Å². The maximum Gasteiger partial charge on any atom is 0.136 e. The van der Waals surface area contributed by atoms with E-state index >= 15 is 0 Å². The number of Topliss-reactive ketones (excluding diaryl/α,β-unsaturated/α-hetero) is 2. The lowest BCUT2D eigenvalue weighted by Gasteiger charge is -2.67. The van der Waals surface area contributed by atoms with E-state index in [1.165, 1.54) is 0 Å². The highest BCUT2D eigenvalue weighted by atomic mass is 16.4. The maximum atomic E-state index is 12.6. The average molecular weight is 377 g/mol. The van der Waals surface area contributed by atoms with Crippen LogP contribution in [0.2, 0.25) is 0 Å². The third-order valence-corrected chi connectivity index (χ3v) is 10.5. The second kappa shape index (κ2) is 5.44. The lowest BCUT2D eigenvalue weighted by molar-refractivity contribution is -0.286. The van der Waals surface area contributed by atoms with Gasteiger partial charge in [0.2, 0.25) is 0 Å². The van der Waals surface area contributed by atoms with Gasteiger partial charge in [0.25, 0.3) is 0 Å². The summed E-state index contributed by atoms with van der Waals surface area (Å²) >= 11 is 0. The number of fused-ring (bicyclic) bond motifs is 5. The molecule has 0 radical (unpaired) electrons. The third-order valence-electron chi connectivity index (χ3n) is 10.5. The monoisotopic (exact) mass is 376 g/mol. The molecule has 4 nitrogen and oxygen atoms in total. The number of carbonyl (C=O) groups is 2. The summed E-state index contributed by atoms with van der Waals surface area (Å²) in [6.45, 7) is 10.0. The van der Waals surface area contributed by atoms with E-state index in [1.54, 1.807) is 13.8 Å². The second-order valence-corrected chi connectivity index (χ2v) is 11.2. The largest absolute Gasteiger partial charge is 0.387 e. The minimum absolute atomic E-state index is 0.0353. The van der Waals surface area contributed by atoms with Crippen LogP contribution in [-0.2, 0) is 9.59 Å². The van der Waals surface area contributed by atoms with Crippen molar-refractivity contribution in [2.45, 2.75) is 97.2 Å². The quantitative estimate of drug-likeness (QED) is 0.732. The Kier molecular flexibility index (Phi) is 3.95. The molecule has 0 spiro atoms. The Morgan fingerprint density at radius 3 is 2.19 bits per heavy atom. The lowest BCUT2D eigenvalue weighted by Crippen LogP contribution is -2.73. The summed E-state index contributed by atoms with van der Waals surface area (Å²) in [5.74, 6) is 1.37. The topological polar surface area (TPSA) is 74.6 Å². The summed E-state index contributed by atoms with van der Waals surface area (Å²) in [4.78, 5) is 24.8. The van der Waals surface area contributed by atoms with Gasteiger partial charge in [-0.05, 0) is 75.5 Å². The van der Waals surface area contributed by atoms with E-state index < -0.39 is 16.6 Å². The van der Waals surface area contributed by atoms with Gasteiger partial charge in [0, 0.05) is 23.7 Å². The summed E-state index contributed by atoms with van der Waals surface area (Å²) < 4.78 is 0. The molecule has 4 aliphatic rings. The van der Waals surface area contributed by atoms with Gasteiger partial charge >= 0.3 is 0 Å². The van der Waals surface area contributed by atoms with Crippen LogP contribution in [0.25, 0.3) is 0 Å². The molecule has 0 unspecified atom stereocenters. The van der Waals surface area contributed by atoms with Crippen LogP contribution in [0.1, 0.15) is 86.0 Å². The minimum atomic E-state index is -1.34. The molecular formula is C23H36O4. The molecule has 4 aliphatic carbocycles. The molecule has 0 aromatic heterocycles. The Morgan fingerprint density at radius 1 is 0.963 bits per heavy atom. The predicted molar refractivity (Wildman–Crippen MR) is 103 cm³/mol. The molecule has 0 heterocycles. The van der Waals surface area contributed by atoms with E-state index in [1.807, 2.05) is 0 Å². The van der Waals surface area contributed by atoms with Crippen molar-refractivity contribution in [2.75, 3.05) is 0 Å². The molecule has 4 fully saturated rings. The molecule has 152 valence electrons. The van der Waals surface area contributed by atoms with Crippen molar-refractivity contribution in [3.8, 4) is 0 Å². The van der Waals surface area contributed by atoms with Gasteiger partial charge in [-0.3, -0.25) is 9.59 Å². The highest BCUT2D eigenvalue weighted by Gasteiger charge is 2.72. The summed E-state index contributed by atoms with van der Waals surface area (Å²) in [6, 6.07) is 0. The Labute approximate surface area is 163 Å². The van der Waals surface area contributed by atoms with Crippen LogP contribution in [0.5, 0.6) is 0 Å². The molecular weight excluding hydrogens is 340 g/mol. The highest BCUT2D eigenvalue weighted by molar-refractivity contribution is 5.83. The maximum absolute atomic E-state index is 12.6. The number of ketones is 2. The predicted octanol–water partition coefficient (Wildman–Crippen LogP) is 3.67. The van der Waals surface area contributed by atoms with Crippen molar-refractivity contribution in [1.82, 2.24) is 0 Å². The van der Waals surface area contributed by atoms with Crippen LogP contribution in [-0.4, -0.2) is 33.0 Å². The second-order valence-electron chi connectivity index (χ2n) is 11.2. The molecule has 0 bridgehead atoms. The van der Waals surface area contributed by atoms with Gasteiger partial charge < -0.3 is 10.2 Å². The summed E-state index contributed by atoms with van der Waals surface area (Å²) in [7, 11) is 0. The van der Waals surface area contributed by atoms with Crippen molar-refractivity contribution in [1.29, 1.82) is 0 Å². The summed E-state index contributed by atoms with van der Waals surface area (Å²) in [5, 5.41) is 23.1. The summed E-state index contributed by atoms with van der Waals surface area (Å²) in [5.41, 5.74) is -3.37. The van der Waals surface area contributed by atoms with Gasteiger partial charge in [-0.2, -0.15) is 0 Å². The van der Waals surface area contributed by atoms with Crippen molar-refractivity contribution in [3.05, 3.63) is 0 Å². The molecule has 0 aromatic carbocycles. The van der Waals surface area contributed by atoms with Crippen LogP contribution in [0.3, 0.4) is 0 Å². The van der Waals surface area contributed by atoms with Crippen molar-refractivity contribution < 1.29 is 19.8 Å². The minimum Gasteiger partial charge on any atom is -0.387 e. The fourth-order valence-electron chi connectivity index (χ4n) is 8.32. The van der Waals surface area contributed by atoms with E-state index in [2.05, 4.69) is 20.8 Å². The fourth-order valence-corrected chi connectivity index (χ4v) is 8.32. The zero-order valence-electron chi connectivity index (χ0n) is 17.6. The number of aliphatic hydroxyl groups is 2. The molecule has 27 heavy (non-hydrogen) atoms. The first-order valence-corrected chi connectivity index (χ1v) is 10.8. The third kappa shape index (κ3) is 2.12. The van der Waals surface area contributed by atoms with Gasteiger partial charge in [0.05, 0.1) is 5.60 Å². The first-order chi connectivity index (χ1) is 12.3. The van der Waals surface area contributed by atoms with Gasteiger partial charge in [-0.15, -0.1) is 0 Å². The van der Waals surface area contributed by atoms with Crippen LogP contribution >= 0.6 is 0 Å². The van der Waals surface area contributed by atoms with E-state index in [-0.39, 0.29) is 23.0 Å². The van der Waals surface area contributed by atoms with Crippen molar-refractivity contribution in [2.24, 2.45) is 34.0 Å². The molecule has 0 amide bonds. The Morgan fingerprint density at radius 2 is 1.56 bits per heavy atom. The van der Waals surface area contributed by atoms with Gasteiger partial charge in [0.1, 0.15) is 17.2 Å². The number of carbonyl (C=O) groups excluding carboxylic acids is 2. The Hall–Kier alpha value is -0.740. The highest BCUT2D eigenvalue weighted by Crippen LogP contribution is 2.72. The van der Waals surface area contributed by atoms with Gasteiger partial charge in [-0.25, -0.2) is 0 Å². The number of hydrogen-bond donors (Lipinski definition) is 2. The molecule has 0 saturated heterocycles. The molecule has 4 rings (SSSR count). The smallest absolute Gasteiger partial charge is 0.136 e. The first-order valence-electron chi connectivity index (χ1n) is 10.8. The average Bonchev–Trinajstić information content (AvgIpc) is 2.84. The van der Waals surface area contributed by atoms with Crippen LogP contribution in [0.15, 0.2) is 0 Å². The number of rotatable bonds is 1. The molecule has 0 aliphatic heterocycles. The van der Waals surface area contributed by atoms with E-state index in [4.69, 9.17) is 0 Å². The molecule has 4 heteroatoms. The molecule has 2 N–H and O–H groups in total. The zero-order valence-corrected chi connectivity index (χ0v) is 17.6. The lowest BCUT2D eigenvalue weighted by atomic mass is 9.39. The zero-order chi connectivity index (χ0) is 20.0. The van der Waals surface area contributed by atoms with Crippen molar-refractivity contribution >= 4 is 11.6 Å². The summed E-state index contributed by atoms with van der Waals surface area (Å²) in [6.07, 6.45) is 5.70. The Balaban J connectivity index is 1.78. The van der Waals surface area contributed by atoms with Crippen molar-refractivity contribution in [3.63, 3.8) is 0 Å². The molecule has 8 atom stereocenters. The molecule has 0 aromatic rings.